The van der Waals surface area contributed by atoms with Crippen molar-refractivity contribution in [1.82, 2.24) is 20.4 Å². The Labute approximate surface area is 339 Å². The van der Waals surface area contributed by atoms with Gasteiger partial charge in [0, 0.05) is 19.0 Å². The highest BCUT2D eigenvalue weighted by Crippen LogP contribution is 2.43. The normalized spacial score (nSPS) is 21.1. The molecule has 6 amide bonds. The molecular weight excluding hydrogens is 741 g/mol. The molecule has 0 aromatic heterocycles. The van der Waals surface area contributed by atoms with Crippen LogP contribution < -0.4 is 22.1 Å². The molecule has 0 aliphatic carbocycles. The minimum atomic E-state index is -1.47. The first-order valence-corrected chi connectivity index (χ1v) is 19.6. The lowest BCUT2D eigenvalue weighted by Crippen LogP contribution is -2.61. The van der Waals surface area contributed by atoms with E-state index in [0.29, 0.717) is 36.8 Å². The Balaban J connectivity index is 1.47. The first kappa shape index (κ1) is 43.2. The molecule has 0 saturated carbocycles. The highest BCUT2D eigenvalue weighted by molar-refractivity contribution is 5.96. The molecule has 58 heavy (non-hydrogen) atoms. The maximum Gasteiger partial charge on any atom is 0.405 e. The summed E-state index contributed by atoms with van der Waals surface area (Å²) < 4.78 is 0. The molecule has 3 aromatic rings. The molecule has 2 heterocycles. The predicted octanol–water partition coefficient (Wildman–Crippen LogP) is 5.03. The van der Waals surface area contributed by atoms with Crippen LogP contribution >= 0.6 is 0 Å². The molecule has 3 aromatic carbocycles. The molecular formula is C44H56N6O8. The summed E-state index contributed by atoms with van der Waals surface area (Å²) in [5.74, 6) is -2.59. The molecule has 2 fully saturated rings. The lowest BCUT2D eigenvalue weighted by molar-refractivity contribution is -0.147. The number of likely N-dealkylation sites (tertiary alicyclic amines) is 2. The van der Waals surface area contributed by atoms with Gasteiger partial charge in [0.2, 0.25) is 23.6 Å². The number of hydrogen-bond donors (Lipinski definition) is 6. The van der Waals surface area contributed by atoms with Crippen molar-refractivity contribution in [2.24, 2.45) is 22.3 Å². The fourth-order valence-electron chi connectivity index (χ4n) is 8.74. The summed E-state index contributed by atoms with van der Waals surface area (Å²) in [5, 5.41) is 23.8. The molecule has 14 nitrogen and oxygen atoms in total. The molecule has 0 bridgehead atoms. The number of carbonyl (C=O) groups excluding carboxylic acids is 4. The molecule has 5 rings (SSSR count). The number of nitrogens with zero attached hydrogens (tertiary/aromatic N) is 2. The third kappa shape index (κ3) is 8.37. The number of rotatable bonds is 12. The Bertz CT molecular complexity index is 2030. The zero-order valence-corrected chi connectivity index (χ0v) is 34.1. The Kier molecular flexibility index (Phi) is 12.3. The van der Waals surface area contributed by atoms with Crippen molar-refractivity contribution in [2.75, 3.05) is 13.1 Å². The Morgan fingerprint density at radius 2 is 1.00 bits per heavy atom. The number of nitrogens with two attached hydrogens (primary N) is 2. The van der Waals surface area contributed by atoms with E-state index < -0.39 is 69.8 Å². The number of carboxylic acid groups (broad SMARTS) is 2. The van der Waals surface area contributed by atoms with E-state index in [1.807, 2.05) is 66.7 Å². The van der Waals surface area contributed by atoms with Crippen molar-refractivity contribution in [3.8, 4) is 0 Å². The summed E-state index contributed by atoms with van der Waals surface area (Å²) in [5.41, 5.74) is 11.7. The molecule has 1 unspecified atom stereocenters. The third-order valence-corrected chi connectivity index (χ3v) is 11.7. The van der Waals surface area contributed by atoms with E-state index in [4.69, 9.17) is 11.5 Å². The van der Waals surface area contributed by atoms with Crippen LogP contribution in [0.25, 0.3) is 0 Å². The van der Waals surface area contributed by atoms with Gasteiger partial charge in [-0.05, 0) is 70.8 Å². The molecule has 2 saturated heterocycles. The maximum absolute atomic E-state index is 14.0. The first-order chi connectivity index (χ1) is 27.1. The largest absolute Gasteiger partial charge is 0.465 e. The molecule has 2 aliphatic heterocycles. The second-order valence-corrected chi connectivity index (χ2v) is 17.6. The van der Waals surface area contributed by atoms with Gasteiger partial charge in [0.1, 0.15) is 23.2 Å². The third-order valence-electron chi connectivity index (χ3n) is 11.7. The first-order valence-electron chi connectivity index (χ1n) is 19.6. The molecule has 5 atom stereocenters. The molecule has 2 aliphatic rings. The fraction of sp³-hybridized carbons (Fsp3) is 0.455. The van der Waals surface area contributed by atoms with Gasteiger partial charge in [-0.25, -0.2) is 9.59 Å². The zero-order chi connectivity index (χ0) is 42.8. The average molecular weight is 797 g/mol. The van der Waals surface area contributed by atoms with E-state index in [2.05, 4.69) is 10.6 Å². The van der Waals surface area contributed by atoms with E-state index in [1.54, 1.807) is 53.7 Å². The summed E-state index contributed by atoms with van der Waals surface area (Å²) >= 11 is 0. The second-order valence-electron chi connectivity index (χ2n) is 17.6. The highest BCUT2D eigenvalue weighted by Gasteiger charge is 2.54. The highest BCUT2D eigenvalue weighted by atomic mass is 16.4. The van der Waals surface area contributed by atoms with E-state index in [1.165, 1.54) is 9.80 Å². The molecule has 310 valence electrons. The minimum absolute atomic E-state index is 0.165. The van der Waals surface area contributed by atoms with Gasteiger partial charge >= 0.3 is 12.2 Å². The van der Waals surface area contributed by atoms with E-state index in [9.17, 15) is 39.0 Å². The number of nitrogens with one attached hydrogen (secondary N) is 2. The van der Waals surface area contributed by atoms with Crippen molar-refractivity contribution in [3.05, 3.63) is 107 Å². The van der Waals surface area contributed by atoms with Gasteiger partial charge in [0.25, 0.3) is 0 Å². The summed E-state index contributed by atoms with van der Waals surface area (Å²) in [4.78, 5) is 81.0. The van der Waals surface area contributed by atoms with Crippen LogP contribution in [-0.2, 0) is 36.7 Å². The molecule has 0 radical (unpaired) electrons. The topological polar surface area (TPSA) is 225 Å². The number of carbonyl (C=O) groups is 6. The Morgan fingerprint density at radius 3 is 1.36 bits per heavy atom. The summed E-state index contributed by atoms with van der Waals surface area (Å²) in [6.07, 6.45) is -0.566. The van der Waals surface area contributed by atoms with Gasteiger partial charge in [0.05, 0.1) is 0 Å². The van der Waals surface area contributed by atoms with E-state index >= 15 is 0 Å². The lowest BCUT2D eigenvalue weighted by atomic mass is 9.80. The molecule has 0 spiro atoms. The van der Waals surface area contributed by atoms with Crippen LogP contribution in [0.2, 0.25) is 0 Å². The Hall–Kier alpha value is -5.92. The van der Waals surface area contributed by atoms with Crippen molar-refractivity contribution >= 4 is 35.8 Å². The van der Waals surface area contributed by atoms with Crippen LogP contribution in [0.1, 0.15) is 101 Å². The van der Waals surface area contributed by atoms with Crippen LogP contribution in [0.3, 0.4) is 0 Å². The van der Waals surface area contributed by atoms with Crippen LogP contribution in [0.15, 0.2) is 78.9 Å². The predicted molar refractivity (Wildman–Crippen MR) is 217 cm³/mol. The lowest BCUT2D eigenvalue weighted by Gasteiger charge is -2.41. The Morgan fingerprint density at radius 1 is 0.621 bits per heavy atom. The van der Waals surface area contributed by atoms with Gasteiger partial charge in [-0.3, -0.25) is 19.2 Å². The summed E-state index contributed by atoms with van der Waals surface area (Å²) in [6, 6.07) is 22.6. The molecule has 14 heteroatoms. The second kappa shape index (κ2) is 16.5. The van der Waals surface area contributed by atoms with Crippen LogP contribution in [0.5, 0.6) is 0 Å². The average Bonchev–Trinajstić information content (AvgIpc) is 3.82. The number of hydrogen-bond acceptors (Lipinski definition) is 6. The smallest absolute Gasteiger partial charge is 0.405 e. The monoisotopic (exact) mass is 796 g/mol. The van der Waals surface area contributed by atoms with Gasteiger partial charge < -0.3 is 42.1 Å². The molecule has 8 N–H and O–H groups in total. The minimum Gasteiger partial charge on any atom is -0.465 e. The van der Waals surface area contributed by atoms with Crippen molar-refractivity contribution in [1.29, 1.82) is 0 Å². The van der Waals surface area contributed by atoms with Gasteiger partial charge in [-0.15, -0.1) is 0 Å². The van der Waals surface area contributed by atoms with Crippen molar-refractivity contribution < 1.29 is 39.0 Å². The van der Waals surface area contributed by atoms with Crippen molar-refractivity contribution in [3.63, 3.8) is 0 Å². The quantitative estimate of drug-likeness (QED) is 0.145. The zero-order valence-electron chi connectivity index (χ0n) is 34.1. The van der Waals surface area contributed by atoms with Gasteiger partial charge in [-0.2, -0.15) is 0 Å². The van der Waals surface area contributed by atoms with E-state index in [0.717, 1.165) is 16.7 Å². The van der Waals surface area contributed by atoms with Crippen LogP contribution in [0, 0.1) is 10.8 Å². The maximum atomic E-state index is 14.0. The van der Waals surface area contributed by atoms with Gasteiger partial charge in [0.15, 0.2) is 0 Å². The summed E-state index contributed by atoms with van der Waals surface area (Å²) in [6.45, 7) is 11.0. The summed E-state index contributed by atoms with van der Waals surface area (Å²) in [7, 11) is 0. The van der Waals surface area contributed by atoms with Crippen LogP contribution in [-0.4, -0.2) is 81.0 Å². The van der Waals surface area contributed by atoms with Gasteiger partial charge in [-0.1, -0.05) is 120 Å². The number of benzene rings is 3. The number of primary amides is 2. The van der Waals surface area contributed by atoms with Crippen molar-refractivity contribution in [2.45, 2.75) is 103 Å². The van der Waals surface area contributed by atoms with Crippen LogP contribution in [0.4, 0.5) is 9.59 Å². The fourth-order valence-corrected chi connectivity index (χ4v) is 8.74. The standard InChI is InChI=1S/C44H56N6O8/c1-41(2,3)33(47-39(55)56)35(51)49-24-10-22-43(49,37(45)53)30-18-14-27(15-19-30)26-32(28-12-8-7-9-13-28)29-16-20-31(21-17-29)44(38(46)54)23-11-25-50(44)36(52)34(42(4,5)6)48-40(57)58/h7-9,12-21,32-34,47-48H,10-11,22-26H2,1-6H3,(H2,45,53)(H2,46,54)(H,55,56)(H,57,58)/t32?,33-,34-,43+,44+/m1/s1. The van der Waals surface area contributed by atoms with E-state index in [-0.39, 0.29) is 25.4 Å². The number of amides is 6. The SMILES string of the molecule is CC(C)(C)[C@H](NC(=O)O)C(=O)N1CCC[C@@]1(C(N)=O)c1ccc(CC(c2ccccc2)c2ccc([C@]3(C(N)=O)CCCN3C(=O)[C@@H](NC(=O)O)C(C)(C)C)cc2)cc1.